The van der Waals surface area contributed by atoms with Gasteiger partial charge in [-0.05, 0) is 44.4 Å². The van der Waals surface area contributed by atoms with Crippen LogP contribution in [-0.4, -0.2) is 40.1 Å². The van der Waals surface area contributed by atoms with Gasteiger partial charge in [0.1, 0.15) is 11.3 Å². The number of sulfonamides is 1. The Labute approximate surface area is 181 Å². The average molecular weight is 447 g/mol. The normalized spacial score (nSPS) is 12.0. The van der Waals surface area contributed by atoms with Crippen LogP contribution in [0.1, 0.15) is 32.2 Å². The average Bonchev–Trinajstić information content (AvgIpc) is 2.95. The largest absolute Gasteiger partial charge is 0.378 e. The first-order valence-electron chi connectivity index (χ1n) is 9.28. The van der Waals surface area contributed by atoms with Crippen LogP contribution >= 0.6 is 11.6 Å². The summed E-state index contributed by atoms with van der Waals surface area (Å²) >= 11 is 6.40. The SMILES string of the molecule is CCc1nc(C#CC(C)(C)O)ccc1-c1ccc(Cl)c2c(NS(C)(=O)=O)nn(C)c12. The van der Waals surface area contributed by atoms with Crippen molar-refractivity contribution in [3.63, 3.8) is 0 Å². The number of nitrogens with one attached hydrogen (secondary N) is 1. The van der Waals surface area contributed by atoms with Gasteiger partial charge < -0.3 is 5.11 Å². The predicted octanol–water partition coefficient (Wildman–Crippen LogP) is 3.35. The molecular weight excluding hydrogens is 424 g/mol. The number of benzene rings is 1. The van der Waals surface area contributed by atoms with Crippen molar-refractivity contribution < 1.29 is 13.5 Å². The van der Waals surface area contributed by atoms with Gasteiger partial charge in [-0.2, -0.15) is 5.10 Å². The van der Waals surface area contributed by atoms with E-state index in [0.29, 0.717) is 28.0 Å². The molecule has 0 fully saturated rings. The van der Waals surface area contributed by atoms with E-state index in [0.717, 1.165) is 23.1 Å². The quantitative estimate of drug-likeness (QED) is 0.599. The Hall–Kier alpha value is -2.60. The molecule has 0 unspecified atom stereocenters. The molecule has 0 atom stereocenters. The summed E-state index contributed by atoms with van der Waals surface area (Å²) in [5, 5.41) is 15.1. The summed E-state index contributed by atoms with van der Waals surface area (Å²) in [4.78, 5) is 4.64. The third-order valence-electron chi connectivity index (χ3n) is 4.32. The molecule has 0 saturated heterocycles. The molecule has 9 heteroatoms. The van der Waals surface area contributed by atoms with Crippen molar-refractivity contribution in [1.82, 2.24) is 14.8 Å². The number of nitrogens with zero attached hydrogens (tertiary/aromatic N) is 3. The molecule has 2 N–H and O–H groups in total. The van der Waals surface area contributed by atoms with Gasteiger partial charge in [0.25, 0.3) is 0 Å². The maximum atomic E-state index is 11.7. The van der Waals surface area contributed by atoms with Crippen molar-refractivity contribution in [3.8, 4) is 23.0 Å². The molecule has 158 valence electrons. The van der Waals surface area contributed by atoms with Crippen molar-refractivity contribution in [2.45, 2.75) is 32.8 Å². The number of hydrogen-bond donors (Lipinski definition) is 2. The number of aliphatic hydroxyl groups is 1. The van der Waals surface area contributed by atoms with E-state index in [4.69, 9.17) is 11.6 Å². The van der Waals surface area contributed by atoms with E-state index < -0.39 is 15.6 Å². The monoisotopic (exact) mass is 446 g/mol. The van der Waals surface area contributed by atoms with Crippen LogP contribution in [0.5, 0.6) is 0 Å². The minimum absolute atomic E-state index is 0.181. The van der Waals surface area contributed by atoms with Gasteiger partial charge in [-0.15, -0.1) is 0 Å². The third kappa shape index (κ3) is 4.75. The van der Waals surface area contributed by atoms with Gasteiger partial charge in [0.2, 0.25) is 10.0 Å². The van der Waals surface area contributed by atoms with Crippen molar-refractivity contribution >= 4 is 38.3 Å². The van der Waals surface area contributed by atoms with Gasteiger partial charge in [0.05, 0.1) is 22.2 Å². The number of halogens is 1. The number of hydrogen-bond acceptors (Lipinski definition) is 5. The van der Waals surface area contributed by atoms with Gasteiger partial charge in [-0.25, -0.2) is 13.4 Å². The zero-order chi connectivity index (χ0) is 22.3. The molecule has 7 nitrogen and oxygen atoms in total. The fourth-order valence-electron chi connectivity index (χ4n) is 3.15. The molecule has 2 heterocycles. The van der Waals surface area contributed by atoms with Gasteiger partial charge in [-0.1, -0.05) is 30.5 Å². The molecule has 1 aromatic carbocycles. The smallest absolute Gasteiger partial charge is 0.231 e. The Kier molecular flexibility index (Phi) is 5.83. The molecule has 3 rings (SSSR count). The van der Waals surface area contributed by atoms with Crippen molar-refractivity contribution in [2.75, 3.05) is 11.0 Å². The van der Waals surface area contributed by atoms with Crippen LogP contribution in [0.3, 0.4) is 0 Å². The summed E-state index contributed by atoms with van der Waals surface area (Å²) in [5.74, 6) is 5.85. The zero-order valence-corrected chi connectivity index (χ0v) is 19.0. The van der Waals surface area contributed by atoms with Crippen molar-refractivity contribution in [3.05, 3.63) is 40.7 Å². The molecule has 0 aliphatic rings. The van der Waals surface area contributed by atoms with E-state index in [-0.39, 0.29) is 5.82 Å². The number of aryl methyl sites for hydroxylation is 2. The first-order chi connectivity index (χ1) is 13.9. The predicted molar refractivity (Wildman–Crippen MR) is 120 cm³/mol. The van der Waals surface area contributed by atoms with E-state index in [1.807, 2.05) is 19.1 Å². The lowest BCUT2D eigenvalue weighted by molar-refractivity contribution is 0.143. The second kappa shape index (κ2) is 7.91. The first-order valence-corrected chi connectivity index (χ1v) is 11.6. The summed E-state index contributed by atoms with van der Waals surface area (Å²) in [7, 11) is -1.78. The van der Waals surface area contributed by atoms with E-state index >= 15 is 0 Å². The molecule has 0 bridgehead atoms. The molecule has 0 aliphatic carbocycles. The molecule has 0 radical (unpaired) electrons. The Morgan fingerprint density at radius 1 is 1.23 bits per heavy atom. The minimum atomic E-state index is -3.52. The molecule has 0 aliphatic heterocycles. The van der Waals surface area contributed by atoms with Gasteiger partial charge in [0, 0.05) is 23.9 Å². The van der Waals surface area contributed by atoms with E-state index in [1.54, 1.807) is 37.7 Å². The van der Waals surface area contributed by atoms with Crippen molar-refractivity contribution in [2.24, 2.45) is 7.05 Å². The van der Waals surface area contributed by atoms with Gasteiger partial charge >= 0.3 is 0 Å². The van der Waals surface area contributed by atoms with Crippen LogP contribution in [0.25, 0.3) is 22.0 Å². The Morgan fingerprint density at radius 2 is 1.90 bits per heavy atom. The van der Waals surface area contributed by atoms with Crippen LogP contribution in [0.4, 0.5) is 5.82 Å². The van der Waals surface area contributed by atoms with Crippen LogP contribution in [0.2, 0.25) is 5.02 Å². The standard InChI is InChI=1S/C21H23ClN4O3S/c1-6-17-14(8-7-13(23-17)11-12-21(2,3)27)15-9-10-16(22)18-19(15)26(4)24-20(18)25-30(5,28)29/h7-10,27H,6H2,1-5H3,(H,24,25). The van der Waals surface area contributed by atoms with Crippen LogP contribution < -0.4 is 4.72 Å². The maximum Gasteiger partial charge on any atom is 0.231 e. The molecule has 0 saturated carbocycles. The number of aromatic nitrogens is 3. The first kappa shape index (κ1) is 22.1. The molecule has 0 amide bonds. The lowest BCUT2D eigenvalue weighted by Crippen LogP contribution is -2.14. The van der Waals surface area contributed by atoms with Crippen LogP contribution in [0, 0.1) is 11.8 Å². The topological polar surface area (TPSA) is 97.1 Å². The second-order valence-corrected chi connectivity index (χ2v) is 9.67. The van der Waals surface area contributed by atoms with E-state index in [2.05, 4.69) is 26.6 Å². The highest BCUT2D eigenvalue weighted by Crippen LogP contribution is 2.38. The number of fused-ring (bicyclic) bond motifs is 1. The van der Waals surface area contributed by atoms with E-state index in [1.165, 1.54) is 0 Å². The summed E-state index contributed by atoms with van der Waals surface area (Å²) < 4.78 is 27.5. The lowest BCUT2D eigenvalue weighted by atomic mass is 9.99. The fraction of sp³-hybridized carbons (Fsp3) is 0.333. The third-order valence-corrected chi connectivity index (χ3v) is 5.19. The zero-order valence-electron chi connectivity index (χ0n) is 17.4. The number of anilines is 1. The fourth-order valence-corrected chi connectivity index (χ4v) is 3.88. The van der Waals surface area contributed by atoms with Gasteiger partial charge in [-0.3, -0.25) is 9.40 Å². The minimum Gasteiger partial charge on any atom is -0.378 e. The lowest BCUT2D eigenvalue weighted by Gasteiger charge is -2.11. The summed E-state index contributed by atoms with van der Waals surface area (Å²) in [6.07, 6.45) is 1.72. The van der Waals surface area contributed by atoms with Gasteiger partial charge in [0.15, 0.2) is 5.82 Å². The Bertz CT molecular complexity index is 1300. The summed E-state index contributed by atoms with van der Waals surface area (Å²) in [5.41, 5.74) is 2.68. The van der Waals surface area contributed by atoms with Crippen LogP contribution in [-0.2, 0) is 23.5 Å². The maximum absolute atomic E-state index is 11.7. The second-order valence-electron chi connectivity index (χ2n) is 7.52. The molecule has 30 heavy (non-hydrogen) atoms. The van der Waals surface area contributed by atoms with E-state index in [9.17, 15) is 13.5 Å². The Balaban J connectivity index is 2.22. The highest BCUT2D eigenvalue weighted by molar-refractivity contribution is 7.92. The molecule has 3 aromatic rings. The Morgan fingerprint density at radius 3 is 2.50 bits per heavy atom. The highest BCUT2D eigenvalue weighted by Gasteiger charge is 2.20. The summed E-state index contributed by atoms with van der Waals surface area (Å²) in [6.45, 7) is 5.22. The molecular formula is C21H23ClN4O3S. The molecule has 0 spiro atoms. The highest BCUT2D eigenvalue weighted by atomic mass is 35.5. The summed E-state index contributed by atoms with van der Waals surface area (Å²) in [6, 6.07) is 7.30. The number of rotatable bonds is 4. The number of pyridine rings is 1. The van der Waals surface area contributed by atoms with Crippen LogP contribution in [0.15, 0.2) is 24.3 Å². The molecule has 2 aromatic heterocycles. The van der Waals surface area contributed by atoms with Crippen molar-refractivity contribution in [1.29, 1.82) is 0 Å².